The van der Waals surface area contributed by atoms with Crippen LogP contribution in [0.5, 0.6) is 11.5 Å². The van der Waals surface area contributed by atoms with Gasteiger partial charge in [0.25, 0.3) is 0 Å². The Hall–Kier alpha value is -3.07. The molecule has 6 N–H and O–H groups in total. The number of carbonyl (C=O) groups excluding carboxylic acids is 1. The van der Waals surface area contributed by atoms with Crippen molar-refractivity contribution in [1.82, 2.24) is 14.9 Å². The van der Waals surface area contributed by atoms with E-state index in [-0.39, 0.29) is 23.8 Å². The van der Waals surface area contributed by atoms with Crippen LogP contribution in [-0.4, -0.2) is 49.3 Å². The Balaban J connectivity index is 2.28. The van der Waals surface area contributed by atoms with Crippen molar-refractivity contribution >= 4 is 11.9 Å². The summed E-state index contributed by atoms with van der Waals surface area (Å²) >= 11 is 0. The standard InChI is InChI=1S/C16H20N4O5/c1-9(21)18-3-2-10-4-14(22)15(23)6-13(10)20-7-11(19-8-20)5-12(17)16(24)25/h4,6-8,12,22-23H,2-3,5,17H2,1H3,(H,18,21)(H,24,25)/t12-/m0/s1. The van der Waals surface area contributed by atoms with Crippen molar-refractivity contribution in [2.75, 3.05) is 6.54 Å². The first-order chi connectivity index (χ1) is 11.8. The number of carboxylic acids is 1. The highest BCUT2D eigenvalue weighted by Crippen LogP contribution is 2.31. The van der Waals surface area contributed by atoms with E-state index in [1.165, 1.54) is 25.4 Å². The molecule has 1 heterocycles. The van der Waals surface area contributed by atoms with Crippen LogP contribution in [0.4, 0.5) is 0 Å². The SMILES string of the molecule is CC(=O)NCCc1cc(O)c(O)cc1-n1cnc(C[C@H](N)C(=O)O)c1. The van der Waals surface area contributed by atoms with Gasteiger partial charge in [-0.1, -0.05) is 0 Å². The number of nitrogens with zero attached hydrogens (tertiary/aromatic N) is 2. The van der Waals surface area contributed by atoms with Crippen molar-refractivity contribution in [3.05, 3.63) is 35.9 Å². The summed E-state index contributed by atoms with van der Waals surface area (Å²) in [6.45, 7) is 1.76. The molecule has 0 bridgehead atoms. The van der Waals surface area contributed by atoms with Crippen molar-refractivity contribution in [3.63, 3.8) is 0 Å². The summed E-state index contributed by atoms with van der Waals surface area (Å²) in [4.78, 5) is 26.0. The Bertz CT molecular complexity index is 787. The molecule has 25 heavy (non-hydrogen) atoms. The van der Waals surface area contributed by atoms with Gasteiger partial charge in [-0.3, -0.25) is 9.59 Å². The molecule has 0 aliphatic rings. The normalized spacial score (nSPS) is 11.9. The first-order valence-electron chi connectivity index (χ1n) is 7.59. The third-order valence-corrected chi connectivity index (χ3v) is 3.60. The lowest BCUT2D eigenvalue weighted by molar-refractivity contribution is -0.138. The second kappa shape index (κ2) is 7.67. The molecule has 9 nitrogen and oxygen atoms in total. The molecule has 1 amide bonds. The molecule has 134 valence electrons. The lowest BCUT2D eigenvalue weighted by Crippen LogP contribution is -2.32. The maximum atomic E-state index is 11.0. The first kappa shape index (κ1) is 18.3. The van der Waals surface area contributed by atoms with E-state index in [0.717, 1.165) is 0 Å². The number of aromatic hydroxyl groups is 2. The summed E-state index contributed by atoms with van der Waals surface area (Å²) in [5.41, 5.74) is 7.22. The number of hydrogen-bond acceptors (Lipinski definition) is 6. The van der Waals surface area contributed by atoms with Gasteiger partial charge in [-0.15, -0.1) is 0 Å². The van der Waals surface area contributed by atoms with Crippen LogP contribution in [0.15, 0.2) is 24.7 Å². The molecule has 0 aliphatic heterocycles. The maximum absolute atomic E-state index is 11.0. The predicted molar refractivity (Wildman–Crippen MR) is 88.6 cm³/mol. The number of benzene rings is 1. The van der Waals surface area contributed by atoms with E-state index in [0.29, 0.717) is 29.9 Å². The number of aromatic nitrogens is 2. The number of phenols is 2. The molecule has 9 heteroatoms. The molecule has 1 aromatic carbocycles. The summed E-state index contributed by atoms with van der Waals surface area (Å²) < 4.78 is 1.60. The number of nitrogens with one attached hydrogen (secondary N) is 1. The lowest BCUT2D eigenvalue weighted by atomic mass is 10.1. The summed E-state index contributed by atoms with van der Waals surface area (Å²) in [6.07, 6.45) is 3.56. The van der Waals surface area contributed by atoms with E-state index >= 15 is 0 Å². The van der Waals surface area contributed by atoms with Gasteiger partial charge in [-0.2, -0.15) is 0 Å². The van der Waals surface area contributed by atoms with E-state index < -0.39 is 12.0 Å². The quantitative estimate of drug-likeness (QED) is 0.439. The van der Waals surface area contributed by atoms with E-state index in [2.05, 4.69) is 10.3 Å². The van der Waals surface area contributed by atoms with Crippen molar-refractivity contribution in [1.29, 1.82) is 0 Å². The zero-order valence-electron chi connectivity index (χ0n) is 13.6. The predicted octanol–water partition coefficient (Wildman–Crippen LogP) is -0.0835. The zero-order valence-corrected chi connectivity index (χ0v) is 13.6. The molecule has 0 spiro atoms. The molecule has 2 rings (SSSR count). The first-order valence-corrected chi connectivity index (χ1v) is 7.59. The molecule has 0 saturated heterocycles. The smallest absolute Gasteiger partial charge is 0.320 e. The summed E-state index contributed by atoms with van der Waals surface area (Å²) in [5, 5.41) is 31.0. The minimum atomic E-state index is -1.12. The van der Waals surface area contributed by atoms with Gasteiger partial charge in [0.15, 0.2) is 11.5 Å². The molecule has 0 saturated carbocycles. The van der Waals surface area contributed by atoms with Gasteiger partial charge in [-0.05, 0) is 18.1 Å². The molecule has 1 atom stereocenters. The van der Waals surface area contributed by atoms with Gasteiger partial charge in [-0.25, -0.2) is 4.98 Å². The van der Waals surface area contributed by atoms with Crippen LogP contribution >= 0.6 is 0 Å². The molecule has 0 aliphatic carbocycles. The highest BCUT2D eigenvalue weighted by Gasteiger charge is 2.16. The second-order valence-corrected chi connectivity index (χ2v) is 5.62. The number of imidazole rings is 1. The number of nitrogens with two attached hydrogens (primary N) is 1. The molecule has 1 aromatic heterocycles. The summed E-state index contributed by atoms with van der Waals surface area (Å²) in [6, 6.07) is 1.73. The minimum absolute atomic E-state index is 0.0631. The lowest BCUT2D eigenvalue weighted by Gasteiger charge is -2.12. The van der Waals surface area contributed by atoms with Crippen molar-refractivity contribution in [2.24, 2.45) is 5.73 Å². The van der Waals surface area contributed by atoms with Crippen LogP contribution < -0.4 is 11.1 Å². The van der Waals surface area contributed by atoms with Gasteiger partial charge in [0.2, 0.25) is 5.91 Å². The number of hydrogen-bond donors (Lipinski definition) is 5. The monoisotopic (exact) mass is 348 g/mol. The third-order valence-electron chi connectivity index (χ3n) is 3.60. The van der Waals surface area contributed by atoms with Crippen LogP contribution in [0, 0.1) is 0 Å². The molecule has 2 aromatic rings. The van der Waals surface area contributed by atoms with Gasteiger partial charge >= 0.3 is 5.97 Å². The maximum Gasteiger partial charge on any atom is 0.320 e. The van der Waals surface area contributed by atoms with Crippen molar-refractivity contribution < 1.29 is 24.9 Å². The number of phenolic OH excluding ortho intramolecular Hbond substituents is 2. The molecule has 0 unspecified atom stereocenters. The fourth-order valence-electron chi connectivity index (χ4n) is 2.34. The Morgan fingerprint density at radius 1 is 1.32 bits per heavy atom. The zero-order chi connectivity index (χ0) is 18.6. The number of carbonyl (C=O) groups is 2. The highest BCUT2D eigenvalue weighted by atomic mass is 16.4. The van der Waals surface area contributed by atoms with Crippen LogP contribution in [0.3, 0.4) is 0 Å². The van der Waals surface area contributed by atoms with Gasteiger partial charge < -0.3 is 30.9 Å². The van der Waals surface area contributed by atoms with Gasteiger partial charge in [0.05, 0.1) is 17.7 Å². The number of rotatable bonds is 7. The Labute approximate surface area is 143 Å². The van der Waals surface area contributed by atoms with Gasteiger partial charge in [0, 0.05) is 32.2 Å². The highest BCUT2D eigenvalue weighted by molar-refractivity contribution is 5.73. The molecular formula is C16H20N4O5. The average molecular weight is 348 g/mol. The van der Waals surface area contributed by atoms with E-state index in [9.17, 15) is 19.8 Å². The molecule has 0 radical (unpaired) electrons. The van der Waals surface area contributed by atoms with Crippen LogP contribution in [-0.2, 0) is 22.4 Å². The number of amides is 1. The minimum Gasteiger partial charge on any atom is -0.504 e. The van der Waals surface area contributed by atoms with E-state index in [4.69, 9.17) is 10.8 Å². The van der Waals surface area contributed by atoms with Crippen molar-refractivity contribution in [2.45, 2.75) is 25.8 Å². The second-order valence-electron chi connectivity index (χ2n) is 5.62. The van der Waals surface area contributed by atoms with Crippen LogP contribution in [0.2, 0.25) is 0 Å². The topological polar surface area (TPSA) is 151 Å². The third kappa shape index (κ3) is 4.70. The summed E-state index contributed by atoms with van der Waals surface area (Å²) in [7, 11) is 0. The van der Waals surface area contributed by atoms with Crippen LogP contribution in [0.1, 0.15) is 18.2 Å². The fourth-order valence-corrected chi connectivity index (χ4v) is 2.34. The molecule has 0 fully saturated rings. The van der Waals surface area contributed by atoms with Gasteiger partial charge in [0.1, 0.15) is 6.04 Å². The largest absolute Gasteiger partial charge is 0.504 e. The van der Waals surface area contributed by atoms with E-state index in [1.807, 2.05) is 0 Å². The number of aliphatic carboxylic acids is 1. The van der Waals surface area contributed by atoms with E-state index in [1.54, 1.807) is 10.8 Å². The Morgan fingerprint density at radius 2 is 2.00 bits per heavy atom. The molecular weight excluding hydrogens is 328 g/mol. The fraction of sp³-hybridized carbons (Fsp3) is 0.312. The van der Waals surface area contributed by atoms with Crippen molar-refractivity contribution in [3.8, 4) is 17.2 Å². The summed E-state index contributed by atoms with van der Waals surface area (Å²) in [5.74, 6) is -1.85. The van der Waals surface area contributed by atoms with Crippen LogP contribution in [0.25, 0.3) is 5.69 Å². The average Bonchev–Trinajstić information content (AvgIpc) is 2.98. The Kier molecular flexibility index (Phi) is 5.60. The Morgan fingerprint density at radius 3 is 2.64 bits per heavy atom. The number of carboxylic acid groups (broad SMARTS) is 1.